The molecule has 0 spiro atoms. The number of hydrogen-bond acceptors (Lipinski definition) is 4. The summed E-state index contributed by atoms with van der Waals surface area (Å²) in [5, 5.41) is 0.677. The van der Waals surface area contributed by atoms with Crippen molar-refractivity contribution in [2.75, 3.05) is 14.1 Å². The molecule has 0 aliphatic heterocycles. The molecule has 0 amide bonds. The Balaban J connectivity index is 2.46. The summed E-state index contributed by atoms with van der Waals surface area (Å²) in [5.74, 6) is -0.157. The highest BCUT2D eigenvalue weighted by atomic mass is 35.5. The standard InChI is InChI=1S/C15H13Cl2N3O/c1-20(2)9-12(13-7-8-18-15(17)19-13)14(21)10-3-5-11(16)6-4-10/h3-9H,1-2H3. The predicted octanol–water partition coefficient (Wildman–Crippen LogP) is 3.57. The maximum absolute atomic E-state index is 12.7. The molecule has 2 aromatic rings. The number of carbonyl (C=O) groups is 1. The van der Waals surface area contributed by atoms with Crippen molar-refractivity contribution in [2.24, 2.45) is 0 Å². The van der Waals surface area contributed by atoms with Gasteiger partial charge in [-0.1, -0.05) is 11.6 Å². The highest BCUT2D eigenvalue weighted by Gasteiger charge is 2.16. The molecule has 21 heavy (non-hydrogen) atoms. The summed E-state index contributed by atoms with van der Waals surface area (Å²) in [6.07, 6.45) is 3.22. The number of hydrogen-bond donors (Lipinski definition) is 0. The largest absolute Gasteiger partial charge is 0.383 e. The minimum absolute atomic E-state index is 0.0982. The number of Topliss-reactive ketones (excluding diaryl/α,β-unsaturated/α-hetero) is 1. The molecule has 0 N–H and O–H groups in total. The first kappa shape index (κ1) is 15.5. The predicted molar refractivity (Wildman–Crippen MR) is 84.5 cm³/mol. The quantitative estimate of drug-likeness (QED) is 0.490. The van der Waals surface area contributed by atoms with Gasteiger partial charge >= 0.3 is 0 Å². The van der Waals surface area contributed by atoms with Crippen molar-refractivity contribution in [2.45, 2.75) is 0 Å². The summed E-state index contributed by atoms with van der Waals surface area (Å²) >= 11 is 11.7. The molecule has 1 aromatic heterocycles. The van der Waals surface area contributed by atoms with Gasteiger partial charge in [0.1, 0.15) is 0 Å². The van der Waals surface area contributed by atoms with Crippen LogP contribution in [0.15, 0.2) is 42.7 Å². The molecule has 0 fully saturated rings. The average Bonchev–Trinajstić information content (AvgIpc) is 2.44. The van der Waals surface area contributed by atoms with Crippen LogP contribution in [0, 0.1) is 0 Å². The molecule has 0 saturated carbocycles. The minimum Gasteiger partial charge on any atom is -0.383 e. The van der Waals surface area contributed by atoms with Crippen molar-refractivity contribution in [3.05, 3.63) is 64.3 Å². The highest BCUT2D eigenvalue weighted by molar-refractivity contribution is 6.32. The summed E-state index contributed by atoms with van der Waals surface area (Å²) in [5.41, 5.74) is 1.44. The van der Waals surface area contributed by atoms with E-state index in [0.717, 1.165) is 0 Å². The maximum Gasteiger partial charge on any atom is 0.222 e. The zero-order chi connectivity index (χ0) is 15.4. The van der Waals surface area contributed by atoms with Crippen LogP contribution in [0.5, 0.6) is 0 Å². The van der Waals surface area contributed by atoms with Crippen molar-refractivity contribution in [1.29, 1.82) is 0 Å². The molecule has 1 heterocycles. The minimum atomic E-state index is -0.157. The number of rotatable bonds is 4. The van der Waals surface area contributed by atoms with Crippen molar-refractivity contribution >= 4 is 34.6 Å². The van der Waals surface area contributed by atoms with Crippen molar-refractivity contribution in [3.8, 4) is 0 Å². The fourth-order valence-electron chi connectivity index (χ4n) is 1.74. The van der Waals surface area contributed by atoms with Crippen LogP contribution in [0.25, 0.3) is 5.57 Å². The first-order valence-corrected chi connectivity index (χ1v) is 6.90. The number of benzene rings is 1. The van der Waals surface area contributed by atoms with Crippen molar-refractivity contribution in [1.82, 2.24) is 14.9 Å². The van der Waals surface area contributed by atoms with Gasteiger partial charge in [-0.3, -0.25) is 4.79 Å². The number of carbonyl (C=O) groups excluding carboxylic acids is 1. The second-order valence-electron chi connectivity index (χ2n) is 4.55. The lowest BCUT2D eigenvalue weighted by Crippen LogP contribution is -2.10. The van der Waals surface area contributed by atoms with Crippen LogP contribution >= 0.6 is 23.2 Å². The Morgan fingerprint density at radius 1 is 1.14 bits per heavy atom. The van der Waals surface area contributed by atoms with E-state index in [1.807, 2.05) is 14.1 Å². The topological polar surface area (TPSA) is 46.1 Å². The van der Waals surface area contributed by atoms with Gasteiger partial charge in [0.05, 0.1) is 11.3 Å². The average molecular weight is 322 g/mol. The molecular weight excluding hydrogens is 309 g/mol. The Morgan fingerprint density at radius 3 is 2.38 bits per heavy atom. The molecule has 0 saturated heterocycles. The van der Waals surface area contributed by atoms with Crippen LogP contribution < -0.4 is 0 Å². The van der Waals surface area contributed by atoms with E-state index in [2.05, 4.69) is 9.97 Å². The Kier molecular flexibility index (Phi) is 4.94. The number of nitrogens with zero attached hydrogens (tertiary/aromatic N) is 3. The fraction of sp³-hybridized carbons (Fsp3) is 0.133. The Hall–Kier alpha value is -1.91. The molecule has 0 aliphatic rings. The van der Waals surface area contributed by atoms with E-state index in [1.54, 1.807) is 41.4 Å². The van der Waals surface area contributed by atoms with Crippen molar-refractivity contribution in [3.63, 3.8) is 0 Å². The molecule has 0 bridgehead atoms. The third-order valence-corrected chi connectivity index (χ3v) is 3.07. The molecule has 108 valence electrons. The van der Waals surface area contributed by atoms with E-state index in [0.29, 0.717) is 21.9 Å². The Labute approximate surface area is 133 Å². The maximum atomic E-state index is 12.7. The number of ketones is 1. The summed E-state index contributed by atoms with van der Waals surface area (Å²) in [4.78, 5) is 22.4. The third kappa shape index (κ3) is 4.03. The van der Waals surface area contributed by atoms with Gasteiger partial charge < -0.3 is 4.90 Å². The van der Waals surface area contributed by atoms with Gasteiger partial charge in [-0.15, -0.1) is 0 Å². The first-order chi connectivity index (χ1) is 9.97. The molecule has 2 rings (SSSR count). The fourth-order valence-corrected chi connectivity index (χ4v) is 2.01. The molecule has 4 nitrogen and oxygen atoms in total. The second-order valence-corrected chi connectivity index (χ2v) is 5.33. The number of aromatic nitrogens is 2. The normalized spacial score (nSPS) is 11.3. The van der Waals surface area contributed by atoms with Gasteiger partial charge in [0.15, 0.2) is 5.78 Å². The first-order valence-electron chi connectivity index (χ1n) is 6.15. The second kappa shape index (κ2) is 6.70. The van der Waals surface area contributed by atoms with Crippen LogP contribution in [0.3, 0.4) is 0 Å². The van der Waals surface area contributed by atoms with E-state index in [1.165, 1.54) is 6.20 Å². The lowest BCUT2D eigenvalue weighted by molar-refractivity contribution is 0.105. The van der Waals surface area contributed by atoms with Crippen LogP contribution in [0.2, 0.25) is 10.3 Å². The third-order valence-electron chi connectivity index (χ3n) is 2.64. The lowest BCUT2D eigenvalue weighted by atomic mass is 10.0. The number of allylic oxidation sites excluding steroid dienone is 1. The summed E-state index contributed by atoms with van der Waals surface area (Å²) in [6, 6.07) is 8.35. The summed E-state index contributed by atoms with van der Waals surface area (Å²) in [6.45, 7) is 0. The van der Waals surface area contributed by atoms with E-state index in [9.17, 15) is 4.79 Å². The van der Waals surface area contributed by atoms with Crippen LogP contribution in [-0.2, 0) is 0 Å². The lowest BCUT2D eigenvalue weighted by Gasteiger charge is -2.11. The van der Waals surface area contributed by atoms with E-state index in [4.69, 9.17) is 23.2 Å². The zero-order valence-electron chi connectivity index (χ0n) is 11.5. The van der Waals surface area contributed by atoms with Gasteiger partial charge in [-0.25, -0.2) is 9.97 Å². The monoisotopic (exact) mass is 321 g/mol. The van der Waals surface area contributed by atoms with Crippen LogP contribution in [-0.4, -0.2) is 34.7 Å². The smallest absolute Gasteiger partial charge is 0.222 e. The molecule has 1 aromatic carbocycles. The van der Waals surface area contributed by atoms with Crippen LogP contribution in [0.1, 0.15) is 16.1 Å². The SMILES string of the molecule is CN(C)C=C(C(=O)c1ccc(Cl)cc1)c1ccnc(Cl)n1. The molecule has 0 atom stereocenters. The molecule has 0 aliphatic carbocycles. The molecule has 6 heteroatoms. The summed E-state index contributed by atoms with van der Waals surface area (Å²) in [7, 11) is 3.66. The van der Waals surface area contributed by atoms with E-state index >= 15 is 0 Å². The van der Waals surface area contributed by atoms with Gasteiger partial charge in [0.2, 0.25) is 5.28 Å². The molecule has 0 radical (unpaired) electrons. The van der Waals surface area contributed by atoms with Gasteiger partial charge in [0, 0.05) is 37.1 Å². The Bertz CT molecular complexity index is 682. The van der Waals surface area contributed by atoms with E-state index in [-0.39, 0.29) is 11.1 Å². The number of halogens is 2. The molecular formula is C15H13Cl2N3O. The zero-order valence-corrected chi connectivity index (χ0v) is 13.1. The van der Waals surface area contributed by atoms with Gasteiger partial charge in [-0.2, -0.15) is 0 Å². The van der Waals surface area contributed by atoms with Crippen molar-refractivity contribution < 1.29 is 4.79 Å². The summed E-state index contributed by atoms with van der Waals surface area (Å²) < 4.78 is 0. The highest BCUT2D eigenvalue weighted by Crippen LogP contribution is 2.20. The van der Waals surface area contributed by atoms with E-state index < -0.39 is 0 Å². The van der Waals surface area contributed by atoms with Gasteiger partial charge in [0.25, 0.3) is 0 Å². The van der Waals surface area contributed by atoms with Crippen LogP contribution in [0.4, 0.5) is 0 Å². The Morgan fingerprint density at radius 2 is 1.81 bits per heavy atom. The molecule has 0 unspecified atom stereocenters. The van der Waals surface area contributed by atoms with Gasteiger partial charge in [-0.05, 0) is 41.9 Å².